The molecular weight excluding hydrogens is 572 g/mol. The van der Waals surface area contributed by atoms with E-state index in [2.05, 4.69) is 15.2 Å². The van der Waals surface area contributed by atoms with Crippen molar-refractivity contribution in [2.45, 2.75) is 59.2 Å². The topological polar surface area (TPSA) is 114 Å². The number of rotatable bonds is 6. The number of nitrogens with one attached hydrogen (secondary N) is 1. The van der Waals surface area contributed by atoms with Crippen molar-refractivity contribution in [3.63, 3.8) is 0 Å². The van der Waals surface area contributed by atoms with Gasteiger partial charge in [-0.25, -0.2) is 9.59 Å². The van der Waals surface area contributed by atoms with Crippen molar-refractivity contribution >= 4 is 40.2 Å². The third kappa shape index (κ3) is 8.20. The maximum absolute atomic E-state index is 13.6. The van der Waals surface area contributed by atoms with Crippen LogP contribution in [0.2, 0.25) is 0 Å². The van der Waals surface area contributed by atoms with E-state index in [0.717, 1.165) is 22.2 Å². The van der Waals surface area contributed by atoms with Crippen molar-refractivity contribution in [2.75, 3.05) is 36.4 Å². The molecule has 1 fully saturated rings. The summed E-state index contributed by atoms with van der Waals surface area (Å²) in [5.41, 5.74) is 2.94. The number of benzene rings is 2. The molecule has 10 heteroatoms. The van der Waals surface area contributed by atoms with Crippen LogP contribution in [0.1, 0.15) is 57.5 Å². The average molecular weight is 613 g/mol. The van der Waals surface area contributed by atoms with Crippen molar-refractivity contribution in [3.8, 4) is 11.3 Å². The first kappa shape index (κ1) is 31.6. The molecule has 2 aromatic heterocycles. The van der Waals surface area contributed by atoms with Crippen molar-refractivity contribution < 1.29 is 28.3 Å². The highest BCUT2D eigenvalue weighted by molar-refractivity contribution is 6.01. The zero-order valence-electron chi connectivity index (χ0n) is 26.7. The van der Waals surface area contributed by atoms with E-state index < -0.39 is 17.3 Å². The number of piperazine rings is 1. The molecule has 0 unspecified atom stereocenters. The molecule has 0 radical (unpaired) electrons. The van der Waals surface area contributed by atoms with Gasteiger partial charge >= 0.3 is 12.2 Å². The minimum absolute atomic E-state index is 0.0346. The highest BCUT2D eigenvalue weighted by Crippen LogP contribution is 2.29. The van der Waals surface area contributed by atoms with Gasteiger partial charge in [-0.2, -0.15) is 0 Å². The number of aromatic nitrogens is 1. The minimum Gasteiger partial charge on any atom is -0.464 e. The number of hydrogen-bond acceptors (Lipinski definition) is 8. The van der Waals surface area contributed by atoms with E-state index in [1.165, 1.54) is 0 Å². The second-order valence-corrected chi connectivity index (χ2v) is 13.1. The molecule has 1 saturated heterocycles. The minimum atomic E-state index is -0.667. The Morgan fingerprint density at radius 1 is 0.889 bits per heavy atom. The fraction of sp³-hybridized carbons (Fsp3) is 0.371. The largest absolute Gasteiger partial charge is 0.464 e. The number of anilines is 2. The fourth-order valence-corrected chi connectivity index (χ4v) is 5.08. The first-order valence-electron chi connectivity index (χ1n) is 15.1. The molecule has 1 N–H and O–H groups in total. The molecule has 2 amide bonds. The van der Waals surface area contributed by atoms with Crippen LogP contribution in [0.3, 0.4) is 0 Å². The van der Waals surface area contributed by atoms with Crippen LogP contribution in [0, 0.1) is 0 Å². The third-order valence-electron chi connectivity index (χ3n) is 7.18. The molecular formula is C35H40N4O6. The van der Waals surface area contributed by atoms with Gasteiger partial charge in [-0.1, -0.05) is 6.07 Å². The number of fused-ring (bicyclic) bond motifs is 1. The smallest absolute Gasteiger partial charge is 0.412 e. The summed E-state index contributed by atoms with van der Waals surface area (Å²) in [5, 5.41) is 3.63. The first-order valence-corrected chi connectivity index (χ1v) is 15.1. The molecule has 1 aliphatic rings. The SMILES string of the molecule is CC(C)(C)OC(=O)Nc1ccc(-c2ccco2)cc1CC(=O)c1cnc2cc(N3CCN(C(=O)OC(C)(C)C)CC3)ccc2c1. The molecule has 0 aliphatic carbocycles. The molecule has 1 aliphatic heterocycles. The van der Waals surface area contributed by atoms with Gasteiger partial charge in [0.2, 0.25) is 0 Å². The van der Waals surface area contributed by atoms with E-state index in [0.29, 0.717) is 48.8 Å². The van der Waals surface area contributed by atoms with Crippen LogP contribution in [0.5, 0.6) is 0 Å². The number of carbonyl (C=O) groups is 3. The van der Waals surface area contributed by atoms with Crippen molar-refractivity contribution in [1.29, 1.82) is 0 Å². The monoisotopic (exact) mass is 612 g/mol. The Labute approximate surface area is 263 Å². The Balaban J connectivity index is 1.30. The van der Waals surface area contributed by atoms with Crippen LogP contribution < -0.4 is 10.2 Å². The summed E-state index contributed by atoms with van der Waals surface area (Å²) in [6, 6.07) is 16.9. The van der Waals surface area contributed by atoms with E-state index in [4.69, 9.17) is 13.9 Å². The van der Waals surface area contributed by atoms with Crippen LogP contribution >= 0.6 is 0 Å². The Bertz CT molecular complexity index is 1690. The molecule has 0 atom stereocenters. The number of ether oxygens (including phenoxy) is 2. The predicted molar refractivity (Wildman–Crippen MR) is 174 cm³/mol. The van der Waals surface area contributed by atoms with Gasteiger partial charge in [0.1, 0.15) is 17.0 Å². The number of ketones is 1. The quantitative estimate of drug-likeness (QED) is 0.225. The zero-order valence-corrected chi connectivity index (χ0v) is 26.7. The summed E-state index contributed by atoms with van der Waals surface area (Å²) >= 11 is 0. The standard InChI is InChI=1S/C35H40N4O6/c1-34(2,3)44-32(41)37-28-12-10-24(31-8-7-17-43-31)19-25(28)20-30(40)26-18-23-9-11-27(21-29(23)36-22-26)38-13-15-39(16-14-38)33(42)45-35(4,5)6/h7-12,17-19,21-22H,13-16,20H2,1-6H3,(H,37,41). The summed E-state index contributed by atoms with van der Waals surface area (Å²) in [5.74, 6) is 0.512. The molecule has 0 saturated carbocycles. The highest BCUT2D eigenvalue weighted by atomic mass is 16.6. The summed E-state index contributed by atoms with van der Waals surface area (Å²) in [7, 11) is 0. The van der Waals surface area contributed by atoms with Gasteiger partial charge in [-0.05, 0) is 95.6 Å². The average Bonchev–Trinajstić information content (AvgIpc) is 3.51. The molecule has 10 nitrogen and oxygen atoms in total. The normalized spacial score (nSPS) is 13.9. The Kier molecular flexibility index (Phi) is 8.86. The first-order chi connectivity index (χ1) is 21.2. The molecule has 45 heavy (non-hydrogen) atoms. The maximum atomic E-state index is 13.6. The van der Waals surface area contributed by atoms with Gasteiger partial charge in [-0.15, -0.1) is 0 Å². The molecule has 5 rings (SSSR count). The zero-order chi connectivity index (χ0) is 32.4. The van der Waals surface area contributed by atoms with Gasteiger partial charge in [0.15, 0.2) is 5.78 Å². The Morgan fingerprint density at radius 3 is 2.29 bits per heavy atom. The van der Waals surface area contributed by atoms with Crippen LogP contribution in [0.25, 0.3) is 22.2 Å². The number of hydrogen-bond donors (Lipinski definition) is 1. The molecule has 236 valence electrons. The number of furan rings is 1. The van der Waals surface area contributed by atoms with E-state index >= 15 is 0 Å². The molecule has 0 bridgehead atoms. The van der Waals surface area contributed by atoms with Gasteiger partial charge in [-0.3, -0.25) is 15.1 Å². The van der Waals surface area contributed by atoms with Gasteiger partial charge in [0, 0.05) is 66.7 Å². The molecule has 3 heterocycles. The number of carbonyl (C=O) groups excluding carboxylic acids is 3. The lowest BCUT2D eigenvalue weighted by Crippen LogP contribution is -2.50. The van der Waals surface area contributed by atoms with E-state index in [-0.39, 0.29) is 18.3 Å². The van der Waals surface area contributed by atoms with Crippen molar-refractivity contribution in [3.05, 3.63) is 78.2 Å². The fourth-order valence-electron chi connectivity index (χ4n) is 5.08. The Hall–Kier alpha value is -4.86. The molecule has 0 spiro atoms. The lowest BCUT2D eigenvalue weighted by atomic mass is 9.99. The lowest BCUT2D eigenvalue weighted by molar-refractivity contribution is 0.0240. The van der Waals surface area contributed by atoms with Gasteiger partial charge in [0.05, 0.1) is 11.8 Å². The second-order valence-electron chi connectivity index (χ2n) is 13.1. The van der Waals surface area contributed by atoms with E-state index in [9.17, 15) is 14.4 Å². The summed E-state index contributed by atoms with van der Waals surface area (Å²) < 4.78 is 16.5. The number of pyridine rings is 1. The van der Waals surface area contributed by atoms with Crippen LogP contribution in [-0.2, 0) is 15.9 Å². The van der Waals surface area contributed by atoms with E-state index in [1.807, 2.05) is 63.2 Å². The van der Waals surface area contributed by atoms with Crippen LogP contribution in [0.15, 0.2) is 71.5 Å². The predicted octanol–water partition coefficient (Wildman–Crippen LogP) is 7.32. The lowest BCUT2D eigenvalue weighted by Gasteiger charge is -2.36. The Morgan fingerprint density at radius 2 is 1.62 bits per heavy atom. The van der Waals surface area contributed by atoms with Crippen LogP contribution in [-0.4, -0.2) is 65.2 Å². The van der Waals surface area contributed by atoms with E-state index in [1.54, 1.807) is 50.3 Å². The third-order valence-corrected chi connectivity index (χ3v) is 7.18. The number of amides is 2. The molecule has 4 aromatic rings. The maximum Gasteiger partial charge on any atom is 0.412 e. The summed E-state index contributed by atoms with van der Waals surface area (Å²) in [6.45, 7) is 13.5. The van der Waals surface area contributed by atoms with Crippen molar-refractivity contribution in [2.24, 2.45) is 0 Å². The summed E-state index contributed by atoms with van der Waals surface area (Å²) in [6.07, 6.45) is 2.32. The number of Topliss-reactive ketones (excluding diaryl/α,β-unsaturated/α-hetero) is 1. The number of nitrogens with zero attached hydrogens (tertiary/aromatic N) is 3. The molecule has 2 aromatic carbocycles. The van der Waals surface area contributed by atoms with Crippen molar-refractivity contribution in [1.82, 2.24) is 9.88 Å². The van der Waals surface area contributed by atoms with Gasteiger partial charge in [0.25, 0.3) is 0 Å². The van der Waals surface area contributed by atoms with Crippen LogP contribution in [0.4, 0.5) is 21.0 Å². The highest BCUT2D eigenvalue weighted by Gasteiger charge is 2.26. The van der Waals surface area contributed by atoms with Gasteiger partial charge < -0.3 is 23.7 Å². The second kappa shape index (κ2) is 12.6. The summed E-state index contributed by atoms with van der Waals surface area (Å²) in [4.78, 5) is 47.1.